The lowest BCUT2D eigenvalue weighted by molar-refractivity contribution is 0.0564. The van der Waals surface area contributed by atoms with Crippen molar-refractivity contribution >= 4 is 29.1 Å². The zero-order valence-electron chi connectivity index (χ0n) is 15.5. The standard InChI is InChI=1S/C22H18Cl2N2O3/c23-15-4-5-16(17(24)9-15)19-6-7-20(29-19)22(28)25-10-13-8-14(12-25)18-2-1-3-21(27)26(18)11-13/h1-7,9,13-14H,8,10-12H2. The molecule has 0 spiro atoms. The lowest BCUT2D eigenvalue weighted by Crippen LogP contribution is -2.49. The summed E-state index contributed by atoms with van der Waals surface area (Å²) in [5.41, 5.74) is 1.74. The number of amides is 1. The Kier molecular flexibility index (Phi) is 4.52. The molecule has 1 fully saturated rings. The average molecular weight is 429 g/mol. The summed E-state index contributed by atoms with van der Waals surface area (Å²) in [6.45, 7) is 1.85. The van der Waals surface area contributed by atoms with Crippen molar-refractivity contribution < 1.29 is 9.21 Å². The number of halogens is 2. The fourth-order valence-electron chi connectivity index (χ4n) is 4.51. The maximum absolute atomic E-state index is 13.1. The Hall–Kier alpha value is -2.50. The third-order valence-electron chi connectivity index (χ3n) is 5.78. The van der Waals surface area contributed by atoms with Crippen molar-refractivity contribution in [2.45, 2.75) is 18.9 Å². The van der Waals surface area contributed by atoms with E-state index in [9.17, 15) is 9.59 Å². The monoisotopic (exact) mass is 428 g/mol. The molecule has 5 rings (SSSR count). The van der Waals surface area contributed by atoms with Crippen molar-refractivity contribution in [3.8, 4) is 11.3 Å². The van der Waals surface area contributed by atoms with E-state index in [1.165, 1.54) is 0 Å². The molecule has 2 unspecified atom stereocenters. The first-order valence-corrected chi connectivity index (χ1v) is 10.3. The van der Waals surface area contributed by atoms with Gasteiger partial charge in [0.15, 0.2) is 5.76 Å². The first kappa shape index (κ1) is 18.5. The fourth-order valence-corrected chi connectivity index (χ4v) is 5.01. The molecule has 1 amide bonds. The van der Waals surface area contributed by atoms with Crippen LogP contribution in [-0.4, -0.2) is 28.5 Å². The van der Waals surface area contributed by atoms with Crippen LogP contribution in [0.2, 0.25) is 10.0 Å². The van der Waals surface area contributed by atoms with Crippen LogP contribution in [-0.2, 0) is 6.54 Å². The topological polar surface area (TPSA) is 55.5 Å². The molecule has 3 aromatic rings. The minimum atomic E-state index is -0.136. The Morgan fingerprint density at radius 2 is 1.90 bits per heavy atom. The van der Waals surface area contributed by atoms with Crippen molar-refractivity contribution in [2.75, 3.05) is 13.1 Å². The molecule has 5 nitrogen and oxygen atoms in total. The normalized spacial score (nSPS) is 20.4. The van der Waals surface area contributed by atoms with Crippen LogP contribution >= 0.6 is 23.2 Å². The molecule has 0 saturated carbocycles. The van der Waals surface area contributed by atoms with E-state index >= 15 is 0 Å². The molecule has 0 N–H and O–H groups in total. The number of piperidine rings is 1. The molecule has 2 atom stereocenters. The van der Waals surface area contributed by atoms with Crippen LogP contribution in [0.15, 0.2) is 57.7 Å². The lowest BCUT2D eigenvalue weighted by Gasteiger charge is -2.42. The van der Waals surface area contributed by atoms with Crippen LogP contribution in [0.1, 0.15) is 28.6 Å². The molecular formula is C22H18Cl2N2O3. The van der Waals surface area contributed by atoms with Crippen LogP contribution in [0.25, 0.3) is 11.3 Å². The summed E-state index contributed by atoms with van der Waals surface area (Å²) in [7, 11) is 0. The summed E-state index contributed by atoms with van der Waals surface area (Å²) < 4.78 is 7.70. The molecule has 29 heavy (non-hydrogen) atoms. The number of pyridine rings is 1. The number of rotatable bonds is 2. The van der Waals surface area contributed by atoms with Gasteiger partial charge in [-0.1, -0.05) is 29.3 Å². The first-order chi connectivity index (χ1) is 14.0. The third-order valence-corrected chi connectivity index (χ3v) is 6.33. The number of furan rings is 1. The van der Waals surface area contributed by atoms with Crippen molar-refractivity contribution in [1.82, 2.24) is 9.47 Å². The molecule has 2 aliphatic heterocycles. The molecule has 2 bridgehead atoms. The number of hydrogen-bond donors (Lipinski definition) is 0. The van der Waals surface area contributed by atoms with Gasteiger partial charge in [0.1, 0.15) is 5.76 Å². The van der Waals surface area contributed by atoms with Gasteiger partial charge in [0.2, 0.25) is 0 Å². The fraction of sp³-hybridized carbons (Fsp3) is 0.273. The average Bonchev–Trinajstić information content (AvgIpc) is 3.18. The van der Waals surface area contributed by atoms with Gasteiger partial charge in [-0.05, 0) is 48.7 Å². The second kappa shape index (κ2) is 7.08. The van der Waals surface area contributed by atoms with Crippen molar-refractivity contribution in [3.05, 3.63) is 80.4 Å². The minimum absolute atomic E-state index is 0.0347. The second-order valence-corrected chi connectivity index (χ2v) is 8.54. The third kappa shape index (κ3) is 3.28. The van der Waals surface area contributed by atoms with Gasteiger partial charge in [0.05, 0.1) is 5.02 Å². The highest BCUT2D eigenvalue weighted by molar-refractivity contribution is 6.36. The quantitative estimate of drug-likeness (QED) is 0.595. The number of benzene rings is 1. The SMILES string of the molecule is O=C(c1ccc(-c2ccc(Cl)cc2Cl)o1)N1CC2CC(C1)c1cccc(=O)n1C2. The highest BCUT2D eigenvalue weighted by Crippen LogP contribution is 2.36. The summed E-state index contributed by atoms with van der Waals surface area (Å²) in [4.78, 5) is 27.1. The number of hydrogen-bond acceptors (Lipinski definition) is 3. The van der Waals surface area contributed by atoms with E-state index in [4.69, 9.17) is 27.6 Å². The smallest absolute Gasteiger partial charge is 0.289 e. The summed E-state index contributed by atoms with van der Waals surface area (Å²) in [6, 6.07) is 14.0. The van der Waals surface area contributed by atoms with E-state index in [2.05, 4.69) is 0 Å². The van der Waals surface area contributed by atoms with Gasteiger partial charge in [0.25, 0.3) is 11.5 Å². The molecule has 2 aromatic heterocycles. The maximum Gasteiger partial charge on any atom is 0.289 e. The number of carbonyl (C=O) groups excluding carboxylic acids is 1. The molecular weight excluding hydrogens is 411 g/mol. The lowest BCUT2D eigenvalue weighted by atomic mass is 9.83. The van der Waals surface area contributed by atoms with Crippen LogP contribution in [0.4, 0.5) is 0 Å². The number of fused-ring (bicyclic) bond motifs is 4. The van der Waals surface area contributed by atoms with Gasteiger partial charge in [-0.25, -0.2) is 0 Å². The van der Waals surface area contributed by atoms with Gasteiger partial charge in [-0.3, -0.25) is 9.59 Å². The predicted octanol–water partition coefficient (Wildman–Crippen LogP) is 4.67. The number of carbonyl (C=O) groups is 1. The Morgan fingerprint density at radius 3 is 2.72 bits per heavy atom. The Morgan fingerprint density at radius 1 is 1.03 bits per heavy atom. The van der Waals surface area contributed by atoms with Crippen LogP contribution in [0, 0.1) is 5.92 Å². The van der Waals surface area contributed by atoms with Gasteiger partial charge in [-0.15, -0.1) is 0 Å². The molecule has 7 heteroatoms. The van der Waals surface area contributed by atoms with E-state index in [1.54, 1.807) is 42.5 Å². The van der Waals surface area contributed by atoms with Gasteiger partial charge < -0.3 is 13.9 Å². The van der Waals surface area contributed by atoms with Crippen LogP contribution in [0.5, 0.6) is 0 Å². The second-order valence-electron chi connectivity index (χ2n) is 7.70. The van der Waals surface area contributed by atoms with E-state index in [-0.39, 0.29) is 29.1 Å². The first-order valence-electron chi connectivity index (χ1n) is 9.54. The molecule has 1 aromatic carbocycles. The molecule has 0 radical (unpaired) electrons. The number of aromatic nitrogens is 1. The summed E-state index contributed by atoms with van der Waals surface area (Å²) in [5, 5.41) is 1.02. The van der Waals surface area contributed by atoms with Gasteiger partial charge in [-0.2, -0.15) is 0 Å². The van der Waals surface area contributed by atoms with E-state index in [0.717, 1.165) is 12.1 Å². The zero-order chi connectivity index (χ0) is 20.1. The summed E-state index contributed by atoms with van der Waals surface area (Å²) >= 11 is 12.2. The van der Waals surface area contributed by atoms with E-state index in [1.807, 2.05) is 15.5 Å². The number of likely N-dealkylation sites (tertiary alicyclic amines) is 1. The van der Waals surface area contributed by atoms with Crippen molar-refractivity contribution in [2.24, 2.45) is 5.92 Å². The molecule has 4 heterocycles. The van der Waals surface area contributed by atoms with Crippen LogP contribution in [0.3, 0.4) is 0 Å². The van der Waals surface area contributed by atoms with Gasteiger partial charge >= 0.3 is 0 Å². The highest BCUT2D eigenvalue weighted by Gasteiger charge is 2.37. The highest BCUT2D eigenvalue weighted by atomic mass is 35.5. The molecule has 0 aliphatic carbocycles. The molecule has 2 aliphatic rings. The Balaban J connectivity index is 1.40. The van der Waals surface area contributed by atoms with Crippen molar-refractivity contribution in [1.29, 1.82) is 0 Å². The minimum Gasteiger partial charge on any atom is -0.451 e. The van der Waals surface area contributed by atoms with Crippen molar-refractivity contribution in [3.63, 3.8) is 0 Å². The zero-order valence-corrected chi connectivity index (χ0v) is 17.0. The Labute approximate surface area is 177 Å². The van der Waals surface area contributed by atoms with E-state index < -0.39 is 0 Å². The number of nitrogens with zero attached hydrogens (tertiary/aromatic N) is 2. The summed E-state index contributed by atoms with van der Waals surface area (Å²) in [6.07, 6.45) is 0.997. The molecule has 1 saturated heterocycles. The van der Waals surface area contributed by atoms with Gasteiger partial charge in [0, 0.05) is 47.9 Å². The van der Waals surface area contributed by atoms with E-state index in [0.29, 0.717) is 41.0 Å². The Bertz CT molecular complexity index is 1170. The largest absolute Gasteiger partial charge is 0.451 e. The summed E-state index contributed by atoms with van der Waals surface area (Å²) in [5.74, 6) is 1.12. The predicted molar refractivity (Wildman–Crippen MR) is 112 cm³/mol. The molecule has 148 valence electrons. The van der Waals surface area contributed by atoms with Crippen LogP contribution < -0.4 is 5.56 Å². The maximum atomic E-state index is 13.1.